The van der Waals surface area contributed by atoms with Gasteiger partial charge in [-0.25, -0.2) is 0 Å². The molecule has 0 aromatic heterocycles. The topological polar surface area (TPSA) is 68.2 Å². The van der Waals surface area contributed by atoms with Gasteiger partial charge in [0.1, 0.15) is 0 Å². The van der Waals surface area contributed by atoms with E-state index in [2.05, 4.69) is 15.2 Å². The van der Waals surface area contributed by atoms with Crippen molar-refractivity contribution in [2.24, 2.45) is 4.99 Å². The van der Waals surface area contributed by atoms with Crippen LogP contribution in [-0.4, -0.2) is 72.1 Å². The van der Waals surface area contributed by atoms with E-state index in [9.17, 15) is 9.90 Å². The largest absolute Gasteiger partial charge is 0.388 e. The fraction of sp³-hybridized carbons (Fsp3) is 0.600. The number of hydrogen-bond acceptors (Lipinski definition) is 3. The van der Waals surface area contributed by atoms with E-state index in [1.54, 1.807) is 7.05 Å². The van der Waals surface area contributed by atoms with Gasteiger partial charge in [0.15, 0.2) is 5.96 Å². The lowest BCUT2D eigenvalue weighted by Gasteiger charge is -2.37. The molecule has 1 aromatic carbocycles. The second kappa shape index (κ2) is 8.93. The summed E-state index contributed by atoms with van der Waals surface area (Å²) >= 11 is 6.00. The standard InChI is InChI=1S/C20H29ClN4O2/c1-22-19(23-15-20(27)7-2-3-8-20)25-11-9-24(10-12-25)18(26)14-16-5-4-6-17(21)13-16/h4-6,13,27H,2-3,7-12,14-15H2,1H3,(H,22,23). The average Bonchev–Trinajstić information content (AvgIpc) is 3.09. The van der Waals surface area contributed by atoms with Crippen LogP contribution in [0.4, 0.5) is 0 Å². The summed E-state index contributed by atoms with van der Waals surface area (Å²) < 4.78 is 0. The third-order valence-corrected chi connectivity index (χ3v) is 5.73. The van der Waals surface area contributed by atoms with Gasteiger partial charge >= 0.3 is 0 Å². The number of nitrogens with zero attached hydrogens (tertiary/aromatic N) is 3. The van der Waals surface area contributed by atoms with Gasteiger partial charge in [-0.2, -0.15) is 0 Å². The highest BCUT2D eigenvalue weighted by molar-refractivity contribution is 6.30. The van der Waals surface area contributed by atoms with Crippen LogP contribution in [0, 0.1) is 0 Å². The number of benzene rings is 1. The second-order valence-corrected chi connectivity index (χ2v) is 7.94. The molecule has 1 aliphatic heterocycles. The Morgan fingerprint density at radius 2 is 1.89 bits per heavy atom. The van der Waals surface area contributed by atoms with Crippen LogP contribution >= 0.6 is 11.6 Å². The number of aliphatic hydroxyl groups is 1. The summed E-state index contributed by atoms with van der Waals surface area (Å²) in [7, 11) is 1.76. The van der Waals surface area contributed by atoms with E-state index in [0.717, 1.165) is 50.3 Å². The van der Waals surface area contributed by atoms with E-state index >= 15 is 0 Å². The molecule has 0 unspecified atom stereocenters. The van der Waals surface area contributed by atoms with E-state index in [-0.39, 0.29) is 5.91 Å². The summed E-state index contributed by atoms with van der Waals surface area (Å²) in [6.07, 6.45) is 4.25. The second-order valence-electron chi connectivity index (χ2n) is 7.51. The Labute approximate surface area is 166 Å². The molecule has 0 spiro atoms. The molecule has 0 atom stereocenters. The summed E-state index contributed by atoms with van der Waals surface area (Å²) in [4.78, 5) is 21.0. The van der Waals surface area contributed by atoms with E-state index in [0.29, 0.717) is 31.1 Å². The molecular weight excluding hydrogens is 364 g/mol. The molecule has 2 aliphatic rings. The zero-order chi connectivity index (χ0) is 19.3. The SMILES string of the molecule is CN=C(NCC1(O)CCCC1)N1CCN(C(=O)Cc2cccc(Cl)c2)CC1. The number of piperazine rings is 1. The van der Waals surface area contributed by atoms with Crippen molar-refractivity contribution in [1.29, 1.82) is 0 Å². The van der Waals surface area contributed by atoms with Crippen LogP contribution < -0.4 is 5.32 Å². The van der Waals surface area contributed by atoms with Gasteiger partial charge in [-0.3, -0.25) is 9.79 Å². The van der Waals surface area contributed by atoms with Gasteiger partial charge in [-0.1, -0.05) is 36.6 Å². The summed E-state index contributed by atoms with van der Waals surface area (Å²) in [5, 5.41) is 14.5. The van der Waals surface area contributed by atoms with Crippen molar-refractivity contribution in [3.05, 3.63) is 34.9 Å². The first-order chi connectivity index (χ1) is 13.0. The Bertz CT molecular complexity index is 680. The average molecular weight is 393 g/mol. The molecule has 27 heavy (non-hydrogen) atoms. The molecule has 1 saturated heterocycles. The van der Waals surface area contributed by atoms with Crippen LogP contribution in [0.3, 0.4) is 0 Å². The van der Waals surface area contributed by atoms with Crippen LogP contribution in [0.2, 0.25) is 5.02 Å². The van der Waals surface area contributed by atoms with Crippen molar-refractivity contribution < 1.29 is 9.90 Å². The van der Waals surface area contributed by atoms with E-state index in [4.69, 9.17) is 11.6 Å². The molecule has 1 saturated carbocycles. The van der Waals surface area contributed by atoms with Crippen LogP contribution in [0.25, 0.3) is 0 Å². The molecule has 1 aliphatic carbocycles. The Morgan fingerprint density at radius 1 is 1.22 bits per heavy atom. The van der Waals surface area contributed by atoms with E-state index in [1.165, 1.54) is 0 Å². The number of nitrogens with one attached hydrogen (secondary N) is 1. The van der Waals surface area contributed by atoms with Crippen LogP contribution in [0.15, 0.2) is 29.3 Å². The van der Waals surface area contributed by atoms with E-state index in [1.807, 2.05) is 29.2 Å². The minimum absolute atomic E-state index is 0.125. The Hall–Kier alpha value is -1.79. The molecule has 148 valence electrons. The highest BCUT2D eigenvalue weighted by atomic mass is 35.5. The highest BCUT2D eigenvalue weighted by Crippen LogP contribution is 2.28. The molecule has 1 heterocycles. The molecular formula is C20H29ClN4O2. The number of hydrogen-bond donors (Lipinski definition) is 2. The highest BCUT2D eigenvalue weighted by Gasteiger charge is 2.32. The fourth-order valence-corrected chi connectivity index (χ4v) is 4.10. The Morgan fingerprint density at radius 3 is 2.52 bits per heavy atom. The van der Waals surface area contributed by atoms with Gasteiger partial charge in [0.25, 0.3) is 0 Å². The molecule has 2 fully saturated rings. The quantitative estimate of drug-likeness (QED) is 0.606. The Kier molecular flexibility index (Phi) is 6.60. The first kappa shape index (κ1) is 20.0. The lowest BCUT2D eigenvalue weighted by molar-refractivity contribution is -0.131. The van der Waals surface area contributed by atoms with Crippen molar-refractivity contribution in [2.75, 3.05) is 39.8 Å². The third-order valence-electron chi connectivity index (χ3n) is 5.50. The number of carbonyl (C=O) groups is 1. The summed E-state index contributed by atoms with van der Waals surface area (Å²) in [5.41, 5.74) is 0.335. The molecule has 2 N–H and O–H groups in total. The minimum Gasteiger partial charge on any atom is -0.388 e. The summed E-state index contributed by atoms with van der Waals surface area (Å²) in [5.74, 6) is 0.928. The van der Waals surface area contributed by atoms with Crippen molar-refractivity contribution in [3.8, 4) is 0 Å². The van der Waals surface area contributed by atoms with Crippen molar-refractivity contribution in [1.82, 2.24) is 15.1 Å². The first-order valence-corrected chi connectivity index (χ1v) is 10.1. The lowest BCUT2D eigenvalue weighted by Crippen LogP contribution is -2.55. The first-order valence-electron chi connectivity index (χ1n) is 9.69. The number of guanidine groups is 1. The fourth-order valence-electron chi connectivity index (χ4n) is 3.89. The van der Waals surface area contributed by atoms with Crippen molar-refractivity contribution in [3.63, 3.8) is 0 Å². The van der Waals surface area contributed by atoms with Gasteiger partial charge in [-0.15, -0.1) is 0 Å². The van der Waals surface area contributed by atoms with E-state index < -0.39 is 5.60 Å². The molecule has 7 heteroatoms. The van der Waals surface area contributed by atoms with Crippen LogP contribution in [-0.2, 0) is 11.2 Å². The number of halogens is 1. The molecule has 6 nitrogen and oxygen atoms in total. The predicted molar refractivity (Wildman–Crippen MR) is 108 cm³/mol. The minimum atomic E-state index is -0.606. The van der Waals surface area contributed by atoms with Gasteiger partial charge in [0.05, 0.1) is 12.0 Å². The number of amides is 1. The predicted octanol–water partition coefficient (Wildman–Crippen LogP) is 1.91. The summed E-state index contributed by atoms with van der Waals surface area (Å²) in [6, 6.07) is 7.46. The number of carbonyl (C=O) groups excluding carboxylic acids is 1. The summed E-state index contributed by atoms with van der Waals surface area (Å²) in [6.45, 7) is 3.35. The smallest absolute Gasteiger partial charge is 0.227 e. The van der Waals surface area contributed by atoms with Crippen molar-refractivity contribution >= 4 is 23.5 Å². The molecule has 0 bridgehead atoms. The van der Waals surface area contributed by atoms with Crippen molar-refractivity contribution in [2.45, 2.75) is 37.7 Å². The van der Waals surface area contributed by atoms with Gasteiger partial charge in [0, 0.05) is 44.8 Å². The molecule has 3 rings (SSSR count). The lowest BCUT2D eigenvalue weighted by atomic mass is 10.0. The molecule has 0 radical (unpaired) electrons. The number of rotatable bonds is 4. The molecule has 1 amide bonds. The maximum Gasteiger partial charge on any atom is 0.227 e. The normalized spacial score (nSPS) is 20.0. The monoisotopic (exact) mass is 392 g/mol. The van der Waals surface area contributed by atoms with Crippen LogP contribution in [0.1, 0.15) is 31.2 Å². The van der Waals surface area contributed by atoms with Gasteiger partial charge < -0.3 is 20.2 Å². The maximum atomic E-state index is 12.6. The maximum absolute atomic E-state index is 12.6. The Balaban J connectivity index is 1.47. The zero-order valence-corrected chi connectivity index (χ0v) is 16.7. The molecule has 1 aromatic rings. The third kappa shape index (κ3) is 5.36. The van der Waals surface area contributed by atoms with Gasteiger partial charge in [0.2, 0.25) is 5.91 Å². The van der Waals surface area contributed by atoms with Crippen LogP contribution in [0.5, 0.6) is 0 Å². The zero-order valence-electron chi connectivity index (χ0n) is 16.0. The van der Waals surface area contributed by atoms with Gasteiger partial charge in [-0.05, 0) is 30.5 Å². The number of aliphatic imine (C=N–C) groups is 1.